The Balaban J connectivity index is 2.61. The van der Waals surface area contributed by atoms with Crippen molar-refractivity contribution in [1.29, 1.82) is 0 Å². The maximum absolute atomic E-state index is 9.95. The fourth-order valence-electron chi connectivity index (χ4n) is 2.22. The second-order valence-electron chi connectivity index (χ2n) is 4.03. The normalized spacial score (nSPS) is 25.0. The van der Waals surface area contributed by atoms with Crippen molar-refractivity contribution in [1.82, 2.24) is 0 Å². The molecule has 2 rings (SSSR count). The van der Waals surface area contributed by atoms with Crippen molar-refractivity contribution in [2.24, 2.45) is 5.73 Å². The van der Waals surface area contributed by atoms with Crippen LogP contribution in [0.15, 0.2) is 12.1 Å². The predicted octanol–water partition coefficient (Wildman–Crippen LogP) is 0.325. The second-order valence-corrected chi connectivity index (χ2v) is 4.03. The molecule has 0 saturated heterocycles. The van der Waals surface area contributed by atoms with Gasteiger partial charge in [-0.05, 0) is 30.9 Å². The van der Waals surface area contributed by atoms with Crippen LogP contribution < -0.4 is 5.73 Å². The van der Waals surface area contributed by atoms with Crippen molar-refractivity contribution in [2.75, 3.05) is 0 Å². The number of phenols is 1. The molecule has 0 saturated carbocycles. The summed E-state index contributed by atoms with van der Waals surface area (Å²) in [6.45, 7) is -0.231. The van der Waals surface area contributed by atoms with Gasteiger partial charge >= 0.3 is 0 Å². The number of rotatable bonds is 1. The number of hydrogen-bond donors (Lipinski definition) is 4. The van der Waals surface area contributed by atoms with Gasteiger partial charge in [-0.1, -0.05) is 6.07 Å². The van der Waals surface area contributed by atoms with Gasteiger partial charge in [0.05, 0.1) is 6.61 Å². The first-order chi connectivity index (χ1) is 7.06. The van der Waals surface area contributed by atoms with Crippen molar-refractivity contribution in [3.05, 3.63) is 28.8 Å². The van der Waals surface area contributed by atoms with E-state index in [0.717, 1.165) is 18.4 Å². The van der Waals surface area contributed by atoms with Crippen molar-refractivity contribution in [3.8, 4) is 5.75 Å². The first-order valence-electron chi connectivity index (χ1n) is 5.02. The molecule has 0 aromatic heterocycles. The standard InChI is InChI=1S/C11H15NO3/c12-11(15)5-1-2-7-8(6-13)10(14)4-3-9(7)11/h3-4,13-15H,1-2,5-6,12H2. The maximum Gasteiger partial charge on any atom is 0.139 e. The van der Waals surface area contributed by atoms with Gasteiger partial charge in [-0.25, -0.2) is 0 Å². The molecule has 1 aliphatic rings. The summed E-state index contributed by atoms with van der Waals surface area (Å²) in [4.78, 5) is 0. The molecule has 82 valence electrons. The van der Waals surface area contributed by atoms with Gasteiger partial charge in [0.2, 0.25) is 0 Å². The van der Waals surface area contributed by atoms with E-state index < -0.39 is 5.72 Å². The van der Waals surface area contributed by atoms with Crippen molar-refractivity contribution in [3.63, 3.8) is 0 Å². The van der Waals surface area contributed by atoms with Gasteiger partial charge in [0.15, 0.2) is 0 Å². The van der Waals surface area contributed by atoms with E-state index in [9.17, 15) is 10.2 Å². The molecule has 15 heavy (non-hydrogen) atoms. The topological polar surface area (TPSA) is 86.7 Å². The average Bonchev–Trinajstić information content (AvgIpc) is 2.16. The van der Waals surface area contributed by atoms with Crippen LogP contribution >= 0.6 is 0 Å². The summed E-state index contributed by atoms with van der Waals surface area (Å²) in [5, 5.41) is 28.7. The quantitative estimate of drug-likeness (QED) is 0.502. The highest BCUT2D eigenvalue weighted by Crippen LogP contribution is 2.36. The maximum atomic E-state index is 9.95. The summed E-state index contributed by atoms with van der Waals surface area (Å²) >= 11 is 0. The molecule has 4 heteroatoms. The summed E-state index contributed by atoms with van der Waals surface area (Å²) in [6, 6.07) is 3.09. The van der Waals surface area contributed by atoms with E-state index in [1.807, 2.05) is 0 Å². The van der Waals surface area contributed by atoms with E-state index in [1.165, 1.54) is 6.07 Å². The largest absolute Gasteiger partial charge is 0.508 e. The highest BCUT2D eigenvalue weighted by molar-refractivity contribution is 5.47. The molecule has 0 amide bonds. The lowest BCUT2D eigenvalue weighted by molar-refractivity contribution is 0.0250. The molecule has 0 radical (unpaired) electrons. The Morgan fingerprint density at radius 2 is 2.13 bits per heavy atom. The van der Waals surface area contributed by atoms with Crippen molar-refractivity contribution < 1.29 is 15.3 Å². The molecule has 1 unspecified atom stereocenters. The third-order valence-electron chi connectivity index (χ3n) is 3.02. The molecule has 5 N–H and O–H groups in total. The zero-order valence-electron chi connectivity index (χ0n) is 8.40. The molecule has 0 aliphatic heterocycles. The van der Waals surface area contributed by atoms with E-state index in [0.29, 0.717) is 17.5 Å². The van der Waals surface area contributed by atoms with Gasteiger partial charge in [0, 0.05) is 11.1 Å². The molecule has 4 nitrogen and oxygen atoms in total. The SMILES string of the molecule is NC1(O)CCCc2c1ccc(O)c2CO. The van der Waals surface area contributed by atoms with Crippen LogP contribution in [0, 0.1) is 0 Å². The molecule has 0 bridgehead atoms. The Morgan fingerprint density at radius 3 is 2.80 bits per heavy atom. The smallest absolute Gasteiger partial charge is 0.139 e. The summed E-state index contributed by atoms with van der Waals surface area (Å²) in [5.41, 5.74) is 6.32. The monoisotopic (exact) mass is 209 g/mol. The highest BCUT2D eigenvalue weighted by Gasteiger charge is 2.31. The van der Waals surface area contributed by atoms with Gasteiger partial charge in [-0.3, -0.25) is 5.73 Å². The van der Waals surface area contributed by atoms with Gasteiger partial charge in [0.1, 0.15) is 11.5 Å². The number of fused-ring (bicyclic) bond motifs is 1. The van der Waals surface area contributed by atoms with E-state index >= 15 is 0 Å². The fourth-order valence-corrected chi connectivity index (χ4v) is 2.22. The van der Waals surface area contributed by atoms with Crippen molar-refractivity contribution in [2.45, 2.75) is 31.6 Å². The minimum Gasteiger partial charge on any atom is -0.508 e. The summed E-state index contributed by atoms with van der Waals surface area (Å²) in [7, 11) is 0. The molecule has 1 aliphatic carbocycles. The fraction of sp³-hybridized carbons (Fsp3) is 0.455. The third-order valence-corrected chi connectivity index (χ3v) is 3.02. The van der Waals surface area contributed by atoms with E-state index in [-0.39, 0.29) is 12.4 Å². The van der Waals surface area contributed by atoms with Gasteiger partial charge < -0.3 is 15.3 Å². The molecule has 1 aromatic rings. The lowest BCUT2D eigenvalue weighted by Crippen LogP contribution is -2.40. The van der Waals surface area contributed by atoms with Crippen LogP contribution in [0.4, 0.5) is 0 Å². The van der Waals surface area contributed by atoms with E-state index in [1.54, 1.807) is 6.07 Å². The summed E-state index contributed by atoms with van der Waals surface area (Å²) in [5.74, 6) is 0.0638. The number of nitrogens with two attached hydrogens (primary N) is 1. The lowest BCUT2D eigenvalue weighted by Gasteiger charge is -2.32. The van der Waals surface area contributed by atoms with Crippen LogP contribution in [-0.2, 0) is 18.8 Å². The average molecular weight is 209 g/mol. The van der Waals surface area contributed by atoms with Crippen LogP contribution in [0.2, 0.25) is 0 Å². The molecule has 0 fully saturated rings. The lowest BCUT2D eigenvalue weighted by atomic mass is 9.82. The molecule has 0 spiro atoms. The summed E-state index contributed by atoms with van der Waals surface area (Å²) < 4.78 is 0. The third kappa shape index (κ3) is 1.61. The molecular formula is C11H15NO3. The number of benzene rings is 1. The van der Waals surface area contributed by atoms with Gasteiger partial charge in [-0.2, -0.15) is 0 Å². The number of aliphatic hydroxyl groups is 2. The zero-order chi connectivity index (χ0) is 11.1. The first-order valence-corrected chi connectivity index (χ1v) is 5.02. The number of aliphatic hydroxyl groups excluding tert-OH is 1. The Hall–Kier alpha value is -1.10. The Labute approximate surface area is 88.0 Å². The van der Waals surface area contributed by atoms with Crippen LogP contribution in [-0.4, -0.2) is 15.3 Å². The van der Waals surface area contributed by atoms with Crippen LogP contribution in [0.25, 0.3) is 0 Å². The van der Waals surface area contributed by atoms with Gasteiger partial charge in [-0.15, -0.1) is 0 Å². The molecule has 1 aromatic carbocycles. The minimum atomic E-state index is -1.33. The highest BCUT2D eigenvalue weighted by atomic mass is 16.3. The van der Waals surface area contributed by atoms with E-state index in [4.69, 9.17) is 10.8 Å². The Bertz CT molecular complexity index is 388. The van der Waals surface area contributed by atoms with Crippen molar-refractivity contribution >= 4 is 0 Å². The van der Waals surface area contributed by atoms with Gasteiger partial charge in [0.25, 0.3) is 0 Å². The summed E-state index contributed by atoms with van der Waals surface area (Å²) in [6.07, 6.45) is 2.01. The van der Waals surface area contributed by atoms with Crippen LogP contribution in [0.3, 0.4) is 0 Å². The van der Waals surface area contributed by atoms with Crippen LogP contribution in [0.5, 0.6) is 5.75 Å². The van der Waals surface area contributed by atoms with Crippen LogP contribution in [0.1, 0.15) is 29.5 Å². The molecule has 0 heterocycles. The Morgan fingerprint density at radius 1 is 1.40 bits per heavy atom. The zero-order valence-corrected chi connectivity index (χ0v) is 8.40. The number of aromatic hydroxyl groups is 1. The second kappa shape index (κ2) is 3.48. The Kier molecular flexibility index (Phi) is 2.42. The number of hydrogen-bond acceptors (Lipinski definition) is 4. The molecule has 1 atom stereocenters. The minimum absolute atomic E-state index is 0.0638. The molecular weight excluding hydrogens is 194 g/mol. The van der Waals surface area contributed by atoms with E-state index in [2.05, 4.69) is 0 Å². The predicted molar refractivity (Wildman–Crippen MR) is 55.1 cm³/mol. The first kappa shape index (κ1) is 10.4.